The van der Waals surface area contributed by atoms with Gasteiger partial charge >= 0.3 is 0 Å². The molecule has 0 aliphatic rings. The Morgan fingerprint density at radius 1 is 0.944 bits per heavy atom. The average molecular weight is 239 g/mol. The molecule has 0 bridgehead atoms. The summed E-state index contributed by atoms with van der Waals surface area (Å²) in [6.45, 7) is 8.62. The minimum atomic E-state index is 1.05. The van der Waals surface area contributed by atoms with Gasteiger partial charge in [0.15, 0.2) is 0 Å². The summed E-state index contributed by atoms with van der Waals surface area (Å²) < 4.78 is 0. The van der Waals surface area contributed by atoms with E-state index in [1.807, 2.05) is 0 Å². The van der Waals surface area contributed by atoms with Crippen LogP contribution in [0.2, 0.25) is 0 Å². The molecular formula is C17H21N. The van der Waals surface area contributed by atoms with Gasteiger partial charge in [0.25, 0.3) is 0 Å². The Balaban J connectivity index is 2.68. The lowest BCUT2D eigenvalue weighted by Crippen LogP contribution is -1.97. The number of aromatic nitrogens is 1. The van der Waals surface area contributed by atoms with Crippen molar-refractivity contribution in [3.05, 3.63) is 52.7 Å². The third-order valence-electron chi connectivity index (χ3n) is 3.35. The summed E-state index contributed by atoms with van der Waals surface area (Å²) in [6.07, 6.45) is 2.11. The summed E-state index contributed by atoms with van der Waals surface area (Å²) in [7, 11) is 0. The second-order valence-corrected chi connectivity index (χ2v) is 4.83. The molecule has 1 heterocycles. The van der Waals surface area contributed by atoms with Crippen molar-refractivity contribution in [3.8, 4) is 11.3 Å². The maximum atomic E-state index is 4.72. The predicted octanol–water partition coefficient (Wildman–Crippen LogP) is 4.49. The summed E-state index contributed by atoms with van der Waals surface area (Å²) in [5.74, 6) is 0. The fourth-order valence-corrected chi connectivity index (χ4v) is 2.54. The Bertz CT molecular complexity index is 513. The third kappa shape index (κ3) is 2.45. The quantitative estimate of drug-likeness (QED) is 0.769. The first-order valence-electron chi connectivity index (χ1n) is 6.72. The second-order valence-electron chi connectivity index (χ2n) is 4.83. The molecule has 2 aromatic rings. The van der Waals surface area contributed by atoms with Gasteiger partial charge in [0.05, 0.1) is 5.69 Å². The van der Waals surface area contributed by atoms with Crippen molar-refractivity contribution >= 4 is 0 Å². The van der Waals surface area contributed by atoms with Gasteiger partial charge in [0.1, 0.15) is 0 Å². The highest BCUT2D eigenvalue weighted by atomic mass is 14.7. The van der Waals surface area contributed by atoms with Crippen LogP contribution in [0.1, 0.15) is 36.2 Å². The number of hydrogen-bond donors (Lipinski definition) is 0. The monoisotopic (exact) mass is 239 g/mol. The fraction of sp³-hybridized carbons (Fsp3) is 0.353. The first-order chi connectivity index (χ1) is 8.65. The Morgan fingerprint density at radius 2 is 1.56 bits per heavy atom. The molecule has 1 heteroatoms. The normalized spacial score (nSPS) is 10.7. The molecule has 1 aromatic carbocycles. The maximum Gasteiger partial charge on any atom is 0.0713 e. The summed E-state index contributed by atoms with van der Waals surface area (Å²) in [6, 6.07) is 10.9. The van der Waals surface area contributed by atoms with Crippen LogP contribution >= 0.6 is 0 Å². The van der Waals surface area contributed by atoms with Gasteiger partial charge in [-0.3, -0.25) is 4.98 Å². The van der Waals surface area contributed by atoms with E-state index < -0.39 is 0 Å². The van der Waals surface area contributed by atoms with Crippen molar-refractivity contribution in [3.63, 3.8) is 0 Å². The zero-order valence-electron chi connectivity index (χ0n) is 11.7. The minimum Gasteiger partial charge on any atom is -0.253 e. The van der Waals surface area contributed by atoms with Gasteiger partial charge in [-0.15, -0.1) is 0 Å². The number of benzene rings is 1. The van der Waals surface area contributed by atoms with Crippen LogP contribution in [0.3, 0.4) is 0 Å². The minimum absolute atomic E-state index is 1.05. The molecule has 0 unspecified atom stereocenters. The third-order valence-corrected chi connectivity index (χ3v) is 3.35. The van der Waals surface area contributed by atoms with Crippen LogP contribution in [0.5, 0.6) is 0 Å². The molecule has 0 radical (unpaired) electrons. The lowest BCUT2D eigenvalue weighted by molar-refractivity contribution is 1.07. The van der Waals surface area contributed by atoms with Crippen LogP contribution in [-0.2, 0) is 12.8 Å². The Kier molecular flexibility index (Phi) is 3.81. The molecule has 2 rings (SSSR count). The van der Waals surface area contributed by atoms with E-state index >= 15 is 0 Å². The molecule has 0 aliphatic heterocycles. The number of pyridine rings is 1. The van der Waals surface area contributed by atoms with Gasteiger partial charge in [-0.05, 0) is 55.5 Å². The van der Waals surface area contributed by atoms with Gasteiger partial charge in [0, 0.05) is 11.3 Å². The Labute approximate surface area is 110 Å². The lowest BCUT2D eigenvalue weighted by Gasteiger charge is -2.13. The SMILES string of the molecule is CCc1cccc(CC)c1-c1cc(C)cc(C)n1. The van der Waals surface area contributed by atoms with Crippen molar-refractivity contribution in [2.45, 2.75) is 40.5 Å². The predicted molar refractivity (Wildman–Crippen MR) is 77.9 cm³/mol. The molecule has 94 valence electrons. The molecule has 0 saturated heterocycles. The fourth-order valence-electron chi connectivity index (χ4n) is 2.54. The summed E-state index contributed by atoms with van der Waals surface area (Å²) >= 11 is 0. The van der Waals surface area contributed by atoms with Gasteiger partial charge in [0.2, 0.25) is 0 Å². The Hall–Kier alpha value is -1.63. The van der Waals surface area contributed by atoms with Crippen LogP contribution in [0.25, 0.3) is 11.3 Å². The van der Waals surface area contributed by atoms with E-state index in [9.17, 15) is 0 Å². The molecular weight excluding hydrogens is 218 g/mol. The highest BCUT2D eigenvalue weighted by Gasteiger charge is 2.10. The lowest BCUT2D eigenvalue weighted by atomic mass is 9.94. The first kappa shape index (κ1) is 12.8. The van der Waals surface area contributed by atoms with Crippen molar-refractivity contribution in [2.24, 2.45) is 0 Å². The number of aryl methyl sites for hydroxylation is 4. The van der Waals surface area contributed by atoms with E-state index in [4.69, 9.17) is 4.98 Å². The van der Waals surface area contributed by atoms with Gasteiger partial charge < -0.3 is 0 Å². The van der Waals surface area contributed by atoms with Crippen molar-refractivity contribution in [2.75, 3.05) is 0 Å². The van der Waals surface area contributed by atoms with E-state index in [0.717, 1.165) is 24.2 Å². The van der Waals surface area contributed by atoms with E-state index in [1.54, 1.807) is 0 Å². The van der Waals surface area contributed by atoms with Crippen LogP contribution < -0.4 is 0 Å². The molecule has 18 heavy (non-hydrogen) atoms. The first-order valence-corrected chi connectivity index (χ1v) is 6.72. The van der Waals surface area contributed by atoms with E-state index in [2.05, 4.69) is 58.0 Å². The van der Waals surface area contributed by atoms with Gasteiger partial charge in [-0.1, -0.05) is 32.0 Å². The average Bonchev–Trinajstić information content (AvgIpc) is 2.36. The largest absolute Gasteiger partial charge is 0.253 e. The zero-order valence-corrected chi connectivity index (χ0v) is 11.7. The van der Waals surface area contributed by atoms with Crippen LogP contribution in [-0.4, -0.2) is 4.98 Å². The summed E-state index contributed by atoms with van der Waals surface area (Å²) in [4.78, 5) is 4.72. The van der Waals surface area contributed by atoms with E-state index in [-0.39, 0.29) is 0 Å². The molecule has 1 nitrogen and oxygen atoms in total. The topological polar surface area (TPSA) is 12.9 Å². The summed E-state index contributed by atoms with van der Waals surface area (Å²) in [5.41, 5.74) is 7.64. The molecule has 0 N–H and O–H groups in total. The van der Waals surface area contributed by atoms with E-state index in [1.165, 1.54) is 22.3 Å². The molecule has 0 saturated carbocycles. The highest BCUT2D eigenvalue weighted by molar-refractivity contribution is 5.68. The maximum absolute atomic E-state index is 4.72. The van der Waals surface area contributed by atoms with Crippen molar-refractivity contribution in [1.82, 2.24) is 4.98 Å². The van der Waals surface area contributed by atoms with Crippen LogP contribution in [0, 0.1) is 13.8 Å². The zero-order chi connectivity index (χ0) is 13.1. The van der Waals surface area contributed by atoms with Crippen molar-refractivity contribution in [1.29, 1.82) is 0 Å². The molecule has 0 atom stereocenters. The smallest absolute Gasteiger partial charge is 0.0713 e. The second kappa shape index (κ2) is 5.34. The van der Waals surface area contributed by atoms with Crippen molar-refractivity contribution < 1.29 is 0 Å². The number of rotatable bonds is 3. The molecule has 0 amide bonds. The van der Waals surface area contributed by atoms with Gasteiger partial charge in [-0.2, -0.15) is 0 Å². The number of hydrogen-bond acceptors (Lipinski definition) is 1. The highest BCUT2D eigenvalue weighted by Crippen LogP contribution is 2.28. The van der Waals surface area contributed by atoms with E-state index in [0.29, 0.717) is 0 Å². The molecule has 0 aliphatic carbocycles. The molecule has 0 spiro atoms. The number of nitrogens with zero attached hydrogens (tertiary/aromatic N) is 1. The standard InChI is InChI=1S/C17H21N/c1-5-14-8-7-9-15(6-2)17(14)16-11-12(3)10-13(4)18-16/h7-11H,5-6H2,1-4H3. The Morgan fingerprint density at radius 3 is 2.06 bits per heavy atom. The molecule has 1 aromatic heterocycles. The van der Waals surface area contributed by atoms with Crippen LogP contribution in [0.15, 0.2) is 30.3 Å². The molecule has 0 fully saturated rings. The summed E-state index contributed by atoms with van der Waals surface area (Å²) in [5, 5.41) is 0. The van der Waals surface area contributed by atoms with Crippen LogP contribution in [0.4, 0.5) is 0 Å². The van der Waals surface area contributed by atoms with Gasteiger partial charge in [-0.25, -0.2) is 0 Å².